The Kier molecular flexibility index (Phi) is 10.2. The molecule has 0 bridgehead atoms. The first-order valence-electron chi connectivity index (χ1n) is 14.2. The topological polar surface area (TPSA) is 70.1 Å². The highest BCUT2D eigenvalue weighted by atomic mass is 16.5. The summed E-state index contributed by atoms with van der Waals surface area (Å²) >= 11 is 0. The first-order valence-corrected chi connectivity index (χ1v) is 14.2. The highest BCUT2D eigenvalue weighted by molar-refractivity contribution is 5.79. The molecule has 1 saturated heterocycles. The smallest absolute Gasteiger partial charge is 0.308 e. The van der Waals surface area contributed by atoms with Crippen LogP contribution in [0.3, 0.4) is 0 Å². The molecule has 0 aliphatic carbocycles. The summed E-state index contributed by atoms with van der Waals surface area (Å²) in [6, 6.07) is 5.94. The van der Waals surface area contributed by atoms with Crippen LogP contribution < -0.4 is 4.74 Å². The Bertz CT molecular complexity index is 958. The zero-order chi connectivity index (χ0) is 27.2. The summed E-state index contributed by atoms with van der Waals surface area (Å²) in [5, 5.41) is 10.5. The maximum Gasteiger partial charge on any atom is 0.308 e. The van der Waals surface area contributed by atoms with Crippen LogP contribution in [0.5, 0.6) is 5.75 Å². The summed E-state index contributed by atoms with van der Waals surface area (Å²) in [6.07, 6.45) is 7.86. The fraction of sp³-hybridized carbons (Fsp3) is 0.677. The van der Waals surface area contributed by atoms with Crippen LogP contribution in [0, 0.1) is 11.3 Å². The number of carbonyl (C=O) groups excluding carboxylic acids is 1. The Morgan fingerprint density at radius 2 is 1.84 bits per heavy atom. The molecule has 1 aromatic rings. The minimum absolute atomic E-state index is 0.124. The molecule has 1 fully saturated rings. The standard InChI is InChI=1S/C31H48N2O4/c1-7-9-14-32(15-10-8-2)28(34)21-33-20-25(23-11-12-27-24(17-23)13-16-37-27)29(30(35)36)26(33)19-31(5,6)18-22(3)4/h11-12,17-18,25-26,29H,7-10,13-16,19-21H2,1-6H3,(H,35,36)/t25-,26+,29?/m1/s1. The van der Waals surface area contributed by atoms with E-state index in [1.165, 1.54) is 5.57 Å². The number of hydrogen-bond acceptors (Lipinski definition) is 4. The highest BCUT2D eigenvalue weighted by Gasteiger charge is 2.48. The Hall–Kier alpha value is -2.34. The van der Waals surface area contributed by atoms with E-state index < -0.39 is 11.9 Å². The van der Waals surface area contributed by atoms with E-state index in [0.717, 1.165) is 62.1 Å². The van der Waals surface area contributed by atoms with Crippen molar-refractivity contribution in [3.05, 3.63) is 41.0 Å². The fourth-order valence-electron chi connectivity index (χ4n) is 6.23. The van der Waals surface area contributed by atoms with E-state index in [9.17, 15) is 14.7 Å². The predicted octanol–water partition coefficient (Wildman–Crippen LogP) is 5.90. The van der Waals surface area contributed by atoms with Crippen LogP contribution in [-0.2, 0) is 16.0 Å². The Balaban J connectivity index is 1.93. The van der Waals surface area contributed by atoms with Crippen LogP contribution in [0.2, 0.25) is 0 Å². The molecule has 37 heavy (non-hydrogen) atoms. The lowest BCUT2D eigenvalue weighted by Gasteiger charge is -2.34. The van der Waals surface area contributed by atoms with Crippen molar-refractivity contribution in [3.8, 4) is 5.75 Å². The molecule has 3 rings (SSSR count). The minimum Gasteiger partial charge on any atom is -0.493 e. The van der Waals surface area contributed by atoms with Gasteiger partial charge in [-0.25, -0.2) is 0 Å². The second-order valence-electron chi connectivity index (χ2n) is 11.9. The molecule has 1 aromatic carbocycles. The average Bonchev–Trinajstić information content (AvgIpc) is 3.42. The Morgan fingerprint density at radius 1 is 1.16 bits per heavy atom. The van der Waals surface area contributed by atoms with E-state index in [2.05, 4.69) is 58.6 Å². The van der Waals surface area contributed by atoms with Crippen LogP contribution in [0.1, 0.15) is 90.7 Å². The minimum atomic E-state index is -0.775. The van der Waals surface area contributed by atoms with E-state index >= 15 is 0 Å². The number of aliphatic carboxylic acids is 1. The highest BCUT2D eigenvalue weighted by Crippen LogP contribution is 2.44. The number of benzene rings is 1. The zero-order valence-electron chi connectivity index (χ0n) is 23.9. The third-order valence-electron chi connectivity index (χ3n) is 7.84. The van der Waals surface area contributed by atoms with Crippen molar-refractivity contribution in [3.63, 3.8) is 0 Å². The van der Waals surface area contributed by atoms with Crippen LogP contribution in [0.4, 0.5) is 0 Å². The van der Waals surface area contributed by atoms with Crippen molar-refractivity contribution >= 4 is 11.9 Å². The summed E-state index contributed by atoms with van der Waals surface area (Å²) in [5.41, 5.74) is 3.25. The molecule has 3 atom stereocenters. The lowest BCUT2D eigenvalue weighted by molar-refractivity contribution is -0.144. The number of nitrogens with zero attached hydrogens (tertiary/aromatic N) is 2. The van der Waals surface area contributed by atoms with Crippen LogP contribution in [0.15, 0.2) is 29.8 Å². The first-order chi connectivity index (χ1) is 17.6. The zero-order valence-corrected chi connectivity index (χ0v) is 23.9. The van der Waals surface area contributed by atoms with Gasteiger partial charge in [-0.15, -0.1) is 0 Å². The number of carboxylic acids is 1. The van der Waals surface area contributed by atoms with E-state index in [-0.39, 0.29) is 29.8 Å². The van der Waals surface area contributed by atoms with Gasteiger partial charge in [0.05, 0.1) is 19.1 Å². The maximum atomic E-state index is 13.6. The van der Waals surface area contributed by atoms with Crippen molar-refractivity contribution in [2.24, 2.45) is 11.3 Å². The molecular weight excluding hydrogens is 464 g/mol. The second-order valence-corrected chi connectivity index (χ2v) is 11.9. The van der Waals surface area contributed by atoms with Crippen molar-refractivity contribution in [1.29, 1.82) is 0 Å². The van der Waals surface area contributed by atoms with Crippen LogP contribution >= 0.6 is 0 Å². The quantitative estimate of drug-likeness (QED) is 0.333. The number of unbranched alkanes of at least 4 members (excludes halogenated alkanes) is 2. The summed E-state index contributed by atoms with van der Waals surface area (Å²) in [7, 11) is 0. The van der Waals surface area contributed by atoms with E-state index in [4.69, 9.17) is 4.74 Å². The van der Waals surface area contributed by atoms with Gasteiger partial charge in [0.2, 0.25) is 5.91 Å². The van der Waals surface area contributed by atoms with E-state index in [0.29, 0.717) is 19.6 Å². The number of allylic oxidation sites excluding steroid dienone is 2. The molecule has 1 unspecified atom stereocenters. The number of carbonyl (C=O) groups is 2. The number of carboxylic acid groups (broad SMARTS) is 1. The molecule has 0 spiro atoms. The summed E-state index contributed by atoms with van der Waals surface area (Å²) in [4.78, 5) is 30.6. The molecule has 0 saturated carbocycles. The Labute approximate surface area is 224 Å². The number of hydrogen-bond donors (Lipinski definition) is 1. The predicted molar refractivity (Wildman–Crippen MR) is 149 cm³/mol. The largest absolute Gasteiger partial charge is 0.493 e. The van der Waals surface area contributed by atoms with Gasteiger partial charge in [-0.2, -0.15) is 0 Å². The van der Waals surface area contributed by atoms with Gasteiger partial charge in [0, 0.05) is 38.0 Å². The maximum absolute atomic E-state index is 13.6. The molecule has 2 heterocycles. The lowest BCUT2D eigenvalue weighted by Crippen LogP contribution is -2.45. The molecular formula is C31H48N2O4. The lowest BCUT2D eigenvalue weighted by atomic mass is 9.77. The first kappa shape index (κ1) is 29.2. The molecule has 1 amide bonds. The molecule has 0 radical (unpaired) electrons. The average molecular weight is 513 g/mol. The van der Waals surface area contributed by atoms with Crippen LogP contribution in [-0.4, -0.2) is 65.6 Å². The number of amides is 1. The van der Waals surface area contributed by atoms with Crippen molar-refractivity contribution in [1.82, 2.24) is 9.80 Å². The van der Waals surface area contributed by atoms with Gasteiger partial charge in [-0.3, -0.25) is 14.5 Å². The van der Waals surface area contributed by atoms with Gasteiger partial charge < -0.3 is 14.7 Å². The van der Waals surface area contributed by atoms with Crippen molar-refractivity contribution < 1.29 is 19.4 Å². The molecule has 1 N–H and O–H groups in total. The normalized spacial score (nSPS) is 21.4. The SMILES string of the molecule is CCCCN(CCCC)C(=O)CN1C[C@H](c2ccc3c(c2)CCO3)C(C(=O)O)[C@@H]1CC(C)(C)C=C(C)C. The molecule has 6 nitrogen and oxygen atoms in total. The summed E-state index contributed by atoms with van der Waals surface area (Å²) in [5.74, 6) is -0.479. The van der Waals surface area contributed by atoms with Gasteiger partial charge in [0.25, 0.3) is 0 Å². The van der Waals surface area contributed by atoms with Gasteiger partial charge >= 0.3 is 5.97 Å². The third-order valence-corrected chi connectivity index (χ3v) is 7.84. The summed E-state index contributed by atoms with van der Waals surface area (Å²) < 4.78 is 5.70. The Morgan fingerprint density at radius 3 is 2.43 bits per heavy atom. The third kappa shape index (κ3) is 7.59. The summed E-state index contributed by atoms with van der Waals surface area (Å²) in [6.45, 7) is 15.9. The molecule has 6 heteroatoms. The molecule has 2 aliphatic rings. The number of rotatable bonds is 13. The van der Waals surface area contributed by atoms with Crippen molar-refractivity contribution in [2.75, 3.05) is 32.8 Å². The molecule has 206 valence electrons. The van der Waals surface area contributed by atoms with Gasteiger partial charge in [-0.05, 0) is 55.7 Å². The van der Waals surface area contributed by atoms with Gasteiger partial charge in [0.1, 0.15) is 5.75 Å². The van der Waals surface area contributed by atoms with Gasteiger partial charge in [0.15, 0.2) is 0 Å². The van der Waals surface area contributed by atoms with E-state index in [1.54, 1.807) is 0 Å². The number of fused-ring (bicyclic) bond motifs is 1. The van der Waals surface area contributed by atoms with Crippen LogP contribution in [0.25, 0.3) is 0 Å². The number of ether oxygens (including phenoxy) is 1. The van der Waals surface area contributed by atoms with E-state index in [1.807, 2.05) is 17.0 Å². The second kappa shape index (κ2) is 12.9. The monoisotopic (exact) mass is 512 g/mol. The molecule has 0 aromatic heterocycles. The van der Waals surface area contributed by atoms with Crippen molar-refractivity contribution in [2.45, 2.75) is 92.0 Å². The number of likely N-dealkylation sites (tertiary alicyclic amines) is 1. The fourth-order valence-corrected chi connectivity index (χ4v) is 6.23. The molecule has 2 aliphatic heterocycles. The van der Waals surface area contributed by atoms with Gasteiger partial charge in [-0.1, -0.05) is 64.3 Å².